The SMILES string of the molecule is COC(=O)C(Br)CCCCCC(C)C. The van der Waals surface area contributed by atoms with E-state index in [-0.39, 0.29) is 10.8 Å². The molecule has 0 aliphatic rings. The number of methoxy groups -OCH3 is 1. The van der Waals surface area contributed by atoms with Crippen LogP contribution in [0.5, 0.6) is 0 Å². The molecule has 0 N–H and O–H groups in total. The highest BCUT2D eigenvalue weighted by molar-refractivity contribution is 9.10. The Morgan fingerprint density at radius 3 is 2.29 bits per heavy atom. The van der Waals surface area contributed by atoms with Gasteiger partial charge in [-0.3, -0.25) is 4.79 Å². The van der Waals surface area contributed by atoms with Crippen LogP contribution in [0.3, 0.4) is 0 Å². The van der Waals surface area contributed by atoms with Crippen LogP contribution in [0.15, 0.2) is 0 Å². The van der Waals surface area contributed by atoms with Crippen LogP contribution >= 0.6 is 15.9 Å². The summed E-state index contributed by atoms with van der Waals surface area (Å²) in [5, 5.41) is 0. The summed E-state index contributed by atoms with van der Waals surface area (Å²) in [6, 6.07) is 0. The first kappa shape index (κ1) is 13.9. The fourth-order valence-corrected chi connectivity index (χ4v) is 1.81. The standard InChI is InChI=1S/C11H21BrO2/c1-9(2)7-5-4-6-8-10(12)11(13)14-3/h9-10H,4-8H2,1-3H3. The number of rotatable bonds is 7. The smallest absolute Gasteiger partial charge is 0.319 e. The van der Waals surface area contributed by atoms with Gasteiger partial charge in [0.2, 0.25) is 0 Å². The van der Waals surface area contributed by atoms with Gasteiger partial charge >= 0.3 is 5.97 Å². The van der Waals surface area contributed by atoms with Gasteiger partial charge in [0, 0.05) is 0 Å². The summed E-state index contributed by atoms with van der Waals surface area (Å²) in [7, 11) is 1.43. The van der Waals surface area contributed by atoms with Gasteiger partial charge in [-0.15, -0.1) is 0 Å². The number of hydrogen-bond donors (Lipinski definition) is 0. The lowest BCUT2D eigenvalue weighted by Gasteiger charge is -2.07. The highest BCUT2D eigenvalue weighted by atomic mass is 79.9. The number of halogens is 1. The Balaban J connectivity index is 3.31. The van der Waals surface area contributed by atoms with Crippen molar-refractivity contribution in [1.82, 2.24) is 0 Å². The molecule has 0 heterocycles. The van der Waals surface area contributed by atoms with Gasteiger partial charge in [0.05, 0.1) is 7.11 Å². The van der Waals surface area contributed by atoms with Crippen LogP contribution in [0.25, 0.3) is 0 Å². The first-order valence-electron chi connectivity index (χ1n) is 5.29. The Hall–Kier alpha value is -0.0500. The molecule has 1 atom stereocenters. The molecule has 0 aliphatic carbocycles. The van der Waals surface area contributed by atoms with Crippen molar-refractivity contribution in [3.63, 3.8) is 0 Å². The van der Waals surface area contributed by atoms with E-state index in [4.69, 9.17) is 0 Å². The third-order valence-corrected chi connectivity index (χ3v) is 3.03. The fourth-order valence-electron chi connectivity index (χ4n) is 1.30. The number of ether oxygens (including phenoxy) is 1. The number of alkyl halides is 1. The maximum atomic E-state index is 11.0. The maximum absolute atomic E-state index is 11.0. The fraction of sp³-hybridized carbons (Fsp3) is 0.909. The van der Waals surface area contributed by atoms with Crippen molar-refractivity contribution in [3.05, 3.63) is 0 Å². The maximum Gasteiger partial charge on any atom is 0.319 e. The monoisotopic (exact) mass is 264 g/mol. The molecular weight excluding hydrogens is 244 g/mol. The molecule has 0 aromatic carbocycles. The summed E-state index contributed by atoms with van der Waals surface area (Å²) in [5.41, 5.74) is 0. The van der Waals surface area contributed by atoms with Crippen LogP contribution in [0.4, 0.5) is 0 Å². The minimum atomic E-state index is -0.158. The van der Waals surface area contributed by atoms with Gasteiger partial charge < -0.3 is 4.74 Å². The molecule has 0 bridgehead atoms. The average Bonchev–Trinajstić information content (AvgIpc) is 2.15. The summed E-state index contributed by atoms with van der Waals surface area (Å²) >= 11 is 3.31. The molecule has 0 radical (unpaired) electrons. The Kier molecular flexibility index (Phi) is 8.24. The molecule has 2 nitrogen and oxygen atoms in total. The molecule has 3 heteroatoms. The minimum Gasteiger partial charge on any atom is -0.468 e. The molecule has 0 aromatic heterocycles. The van der Waals surface area contributed by atoms with E-state index in [1.54, 1.807) is 0 Å². The van der Waals surface area contributed by atoms with Gasteiger partial charge in [-0.05, 0) is 12.3 Å². The summed E-state index contributed by atoms with van der Waals surface area (Å²) in [5.74, 6) is 0.629. The van der Waals surface area contributed by atoms with Crippen LogP contribution < -0.4 is 0 Å². The predicted molar refractivity (Wildman–Crippen MR) is 62.7 cm³/mol. The van der Waals surface area contributed by atoms with Crippen molar-refractivity contribution in [3.8, 4) is 0 Å². The molecule has 0 aliphatic heterocycles. The molecule has 0 spiro atoms. The van der Waals surface area contributed by atoms with Crippen molar-refractivity contribution in [1.29, 1.82) is 0 Å². The molecule has 0 amide bonds. The predicted octanol–water partition coefficient (Wildman–Crippen LogP) is 3.53. The highest BCUT2D eigenvalue weighted by Gasteiger charge is 2.13. The van der Waals surface area contributed by atoms with Crippen molar-refractivity contribution in [2.45, 2.75) is 50.8 Å². The van der Waals surface area contributed by atoms with E-state index in [9.17, 15) is 4.79 Å². The van der Waals surface area contributed by atoms with Gasteiger partial charge in [0.25, 0.3) is 0 Å². The second kappa shape index (κ2) is 8.27. The summed E-state index contributed by atoms with van der Waals surface area (Å²) in [6.45, 7) is 4.48. The molecule has 1 unspecified atom stereocenters. The number of carbonyl (C=O) groups excluding carboxylic acids is 1. The van der Waals surface area contributed by atoms with Gasteiger partial charge in [0.1, 0.15) is 4.83 Å². The lowest BCUT2D eigenvalue weighted by molar-refractivity contribution is -0.139. The number of esters is 1. The number of hydrogen-bond acceptors (Lipinski definition) is 2. The first-order chi connectivity index (χ1) is 6.57. The van der Waals surface area contributed by atoms with Gasteiger partial charge in [-0.25, -0.2) is 0 Å². The van der Waals surface area contributed by atoms with Gasteiger partial charge in [-0.2, -0.15) is 0 Å². The zero-order valence-corrected chi connectivity index (χ0v) is 11.0. The summed E-state index contributed by atoms with van der Waals surface area (Å²) in [6.07, 6.45) is 5.73. The summed E-state index contributed by atoms with van der Waals surface area (Å²) in [4.78, 5) is 10.9. The van der Waals surface area contributed by atoms with Crippen molar-refractivity contribution in [2.24, 2.45) is 5.92 Å². The van der Waals surface area contributed by atoms with Crippen LogP contribution in [0.2, 0.25) is 0 Å². The first-order valence-corrected chi connectivity index (χ1v) is 6.21. The second-order valence-electron chi connectivity index (χ2n) is 4.02. The normalized spacial score (nSPS) is 12.9. The zero-order valence-electron chi connectivity index (χ0n) is 9.38. The average molecular weight is 265 g/mol. The van der Waals surface area contributed by atoms with E-state index < -0.39 is 0 Å². The molecule has 84 valence electrons. The van der Waals surface area contributed by atoms with Crippen LogP contribution in [0, 0.1) is 5.92 Å². The van der Waals surface area contributed by atoms with Gasteiger partial charge in [0.15, 0.2) is 0 Å². The number of unbranched alkanes of at least 4 members (excludes halogenated alkanes) is 2. The van der Waals surface area contributed by atoms with Crippen LogP contribution in [0.1, 0.15) is 46.0 Å². The van der Waals surface area contributed by atoms with Crippen molar-refractivity contribution in [2.75, 3.05) is 7.11 Å². The van der Waals surface area contributed by atoms with E-state index >= 15 is 0 Å². The van der Waals surface area contributed by atoms with Crippen LogP contribution in [-0.2, 0) is 9.53 Å². The summed E-state index contributed by atoms with van der Waals surface area (Å²) < 4.78 is 4.62. The minimum absolute atomic E-state index is 0.119. The molecule has 0 rings (SSSR count). The molecule has 0 fully saturated rings. The van der Waals surface area contributed by atoms with E-state index in [1.165, 1.54) is 26.4 Å². The number of carbonyl (C=O) groups is 1. The molecule has 0 saturated carbocycles. The molecule has 14 heavy (non-hydrogen) atoms. The second-order valence-corrected chi connectivity index (χ2v) is 5.13. The lowest BCUT2D eigenvalue weighted by atomic mass is 10.0. The van der Waals surface area contributed by atoms with E-state index in [2.05, 4.69) is 34.5 Å². The van der Waals surface area contributed by atoms with Crippen LogP contribution in [-0.4, -0.2) is 17.9 Å². The van der Waals surface area contributed by atoms with Crippen molar-refractivity contribution < 1.29 is 9.53 Å². The molecular formula is C11H21BrO2. The third kappa shape index (κ3) is 7.36. The Bertz CT molecular complexity index is 157. The van der Waals surface area contributed by atoms with Gasteiger partial charge in [-0.1, -0.05) is 55.5 Å². The quantitative estimate of drug-likeness (QED) is 0.400. The molecule has 0 aromatic rings. The van der Waals surface area contributed by atoms with E-state index in [0.29, 0.717) is 0 Å². The van der Waals surface area contributed by atoms with E-state index in [0.717, 1.165) is 18.8 Å². The molecule has 0 saturated heterocycles. The third-order valence-electron chi connectivity index (χ3n) is 2.20. The topological polar surface area (TPSA) is 26.3 Å². The van der Waals surface area contributed by atoms with Crippen molar-refractivity contribution >= 4 is 21.9 Å². The van der Waals surface area contributed by atoms with E-state index in [1.807, 2.05) is 0 Å². The lowest BCUT2D eigenvalue weighted by Crippen LogP contribution is -2.15. The zero-order chi connectivity index (χ0) is 11.0. The Labute approximate surface area is 95.5 Å². The Morgan fingerprint density at radius 2 is 1.79 bits per heavy atom. The highest BCUT2D eigenvalue weighted by Crippen LogP contribution is 2.14. The Morgan fingerprint density at radius 1 is 1.21 bits per heavy atom. The largest absolute Gasteiger partial charge is 0.468 e.